The Hall–Kier alpha value is -0.830. The summed E-state index contributed by atoms with van der Waals surface area (Å²) in [7, 11) is 0.750. The van der Waals surface area contributed by atoms with Gasteiger partial charge in [0.05, 0.1) is 13.7 Å². The van der Waals surface area contributed by atoms with E-state index >= 15 is 0 Å². The lowest BCUT2D eigenvalue weighted by molar-refractivity contribution is 0.246. The maximum atomic E-state index is 8.25. The van der Waals surface area contributed by atoms with Crippen LogP contribution in [0.5, 0.6) is 0 Å². The molecule has 0 saturated carbocycles. The lowest BCUT2D eigenvalue weighted by atomic mass is 10.3. The van der Waals surface area contributed by atoms with Gasteiger partial charge in [0.2, 0.25) is 5.90 Å². The molecule has 1 rings (SSSR count). The molecular weight excluding hydrogens is 142 g/mol. The van der Waals surface area contributed by atoms with Crippen molar-refractivity contribution >= 4 is 5.90 Å². The molecule has 0 aliphatic carbocycles. The van der Waals surface area contributed by atoms with Crippen LogP contribution in [-0.2, 0) is 9.84 Å². The average molecular weight is 156 g/mol. The molecule has 0 spiro atoms. The monoisotopic (exact) mass is 156 g/mol. The Bertz CT molecular complexity index is 163. The second-order valence-corrected chi connectivity index (χ2v) is 2.35. The molecule has 0 aromatic rings. The van der Waals surface area contributed by atoms with E-state index in [1.165, 1.54) is 0 Å². The average Bonchev–Trinajstić information content (AvgIpc) is 2.40. The van der Waals surface area contributed by atoms with E-state index in [-0.39, 0.29) is 6.10 Å². The Kier molecular flexibility index (Phi) is 4.54. The first-order valence-electron chi connectivity index (χ1n) is 3.48. The number of ether oxygens (including phenoxy) is 1. The Morgan fingerprint density at radius 1 is 1.73 bits per heavy atom. The Balaban J connectivity index is 0.000000461. The molecule has 11 heavy (non-hydrogen) atoms. The van der Waals surface area contributed by atoms with Crippen molar-refractivity contribution in [1.82, 2.24) is 0 Å². The number of hydrogen-bond donors (Lipinski definition) is 0. The van der Waals surface area contributed by atoms with Crippen LogP contribution in [0.4, 0.5) is 0 Å². The third kappa shape index (κ3) is 3.18. The summed E-state index contributed by atoms with van der Waals surface area (Å²) in [5, 5.41) is 8.25. The summed E-state index contributed by atoms with van der Waals surface area (Å²) in [4.78, 5) is 4.11. The standard InChI is InChI=1S/C7H11NO.CH3O/c1-5(2)7-8-4-6(3)9-7;1-2/h6H,1,4H2,2-3H3;1H3. The molecule has 1 unspecified atom stereocenters. The molecule has 0 bridgehead atoms. The maximum Gasteiger partial charge on any atom is 0.211 e. The normalized spacial score (nSPS) is 21.1. The quantitative estimate of drug-likeness (QED) is 0.566. The van der Waals surface area contributed by atoms with Crippen molar-refractivity contribution in [3.8, 4) is 0 Å². The number of hydrogen-bond acceptors (Lipinski definition) is 2. The molecule has 1 aliphatic heterocycles. The fraction of sp³-hybridized carbons (Fsp3) is 0.625. The van der Waals surface area contributed by atoms with E-state index < -0.39 is 0 Å². The maximum absolute atomic E-state index is 8.25. The Morgan fingerprint density at radius 3 is 2.45 bits per heavy atom. The molecule has 3 nitrogen and oxygen atoms in total. The minimum absolute atomic E-state index is 0.247. The predicted octanol–water partition coefficient (Wildman–Crippen LogP) is 1.43. The first-order valence-corrected chi connectivity index (χ1v) is 3.48. The van der Waals surface area contributed by atoms with Gasteiger partial charge in [-0.05, 0) is 13.8 Å². The summed E-state index contributed by atoms with van der Waals surface area (Å²) < 4.78 is 5.27. The topological polar surface area (TPSA) is 41.5 Å². The van der Waals surface area contributed by atoms with Gasteiger partial charge in [-0.2, -0.15) is 0 Å². The zero-order valence-corrected chi connectivity index (χ0v) is 7.26. The van der Waals surface area contributed by atoms with E-state index in [0.29, 0.717) is 0 Å². The van der Waals surface area contributed by atoms with E-state index in [4.69, 9.17) is 9.84 Å². The first kappa shape index (κ1) is 10.2. The molecule has 0 saturated heterocycles. The van der Waals surface area contributed by atoms with Gasteiger partial charge < -0.3 is 4.74 Å². The lowest BCUT2D eigenvalue weighted by Crippen LogP contribution is -2.07. The van der Waals surface area contributed by atoms with Crippen molar-refractivity contribution in [3.63, 3.8) is 0 Å². The van der Waals surface area contributed by atoms with Gasteiger partial charge in [0.1, 0.15) is 6.10 Å². The van der Waals surface area contributed by atoms with Crippen molar-refractivity contribution < 1.29 is 9.84 Å². The van der Waals surface area contributed by atoms with Gasteiger partial charge in [-0.25, -0.2) is 10.1 Å². The predicted molar refractivity (Wildman–Crippen MR) is 44.3 cm³/mol. The van der Waals surface area contributed by atoms with Crippen molar-refractivity contribution in [2.75, 3.05) is 13.7 Å². The molecule has 0 amide bonds. The van der Waals surface area contributed by atoms with Gasteiger partial charge in [-0.1, -0.05) is 6.58 Å². The van der Waals surface area contributed by atoms with Crippen LogP contribution in [0.2, 0.25) is 0 Å². The van der Waals surface area contributed by atoms with E-state index in [1.807, 2.05) is 13.8 Å². The minimum atomic E-state index is 0.247. The van der Waals surface area contributed by atoms with Gasteiger partial charge in [-0.3, -0.25) is 0 Å². The van der Waals surface area contributed by atoms with Gasteiger partial charge in [0.15, 0.2) is 0 Å². The van der Waals surface area contributed by atoms with Crippen molar-refractivity contribution in [3.05, 3.63) is 12.2 Å². The second-order valence-electron chi connectivity index (χ2n) is 2.35. The van der Waals surface area contributed by atoms with E-state index in [0.717, 1.165) is 25.1 Å². The van der Waals surface area contributed by atoms with Crippen molar-refractivity contribution in [1.29, 1.82) is 0 Å². The lowest BCUT2D eigenvalue weighted by Gasteiger charge is -2.03. The van der Waals surface area contributed by atoms with Gasteiger partial charge >= 0.3 is 0 Å². The molecular formula is C8H14NO2. The molecule has 63 valence electrons. The highest BCUT2D eigenvalue weighted by Crippen LogP contribution is 2.07. The molecule has 1 atom stereocenters. The zero-order chi connectivity index (χ0) is 8.85. The van der Waals surface area contributed by atoms with Crippen molar-refractivity contribution in [2.45, 2.75) is 20.0 Å². The molecule has 0 N–H and O–H groups in total. The van der Waals surface area contributed by atoms with Crippen LogP contribution < -0.4 is 0 Å². The zero-order valence-electron chi connectivity index (χ0n) is 7.26. The Morgan fingerprint density at radius 2 is 2.27 bits per heavy atom. The van der Waals surface area contributed by atoms with Gasteiger partial charge in [0.25, 0.3) is 0 Å². The van der Waals surface area contributed by atoms with Crippen LogP contribution in [-0.4, -0.2) is 25.7 Å². The van der Waals surface area contributed by atoms with Crippen LogP contribution >= 0.6 is 0 Å². The molecule has 0 aromatic heterocycles. The molecule has 0 fully saturated rings. The molecule has 1 heterocycles. The largest absolute Gasteiger partial charge is 0.473 e. The van der Waals surface area contributed by atoms with Crippen LogP contribution in [0, 0.1) is 0 Å². The van der Waals surface area contributed by atoms with Crippen LogP contribution in [0.3, 0.4) is 0 Å². The highest BCUT2D eigenvalue weighted by molar-refractivity contribution is 5.93. The van der Waals surface area contributed by atoms with E-state index in [2.05, 4.69) is 11.6 Å². The summed E-state index contributed by atoms with van der Waals surface area (Å²) in [6.45, 7) is 8.39. The van der Waals surface area contributed by atoms with Crippen LogP contribution in [0.1, 0.15) is 13.8 Å². The summed E-state index contributed by atoms with van der Waals surface area (Å²) in [6, 6.07) is 0. The molecule has 3 heteroatoms. The number of rotatable bonds is 1. The summed E-state index contributed by atoms with van der Waals surface area (Å²) >= 11 is 0. The summed E-state index contributed by atoms with van der Waals surface area (Å²) in [6.07, 6.45) is 0.247. The molecule has 1 radical (unpaired) electrons. The summed E-state index contributed by atoms with van der Waals surface area (Å²) in [5.41, 5.74) is 0.916. The minimum Gasteiger partial charge on any atom is -0.473 e. The van der Waals surface area contributed by atoms with Crippen LogP contribution in [0.25, 0.3) is 0 Å². The second kappa shape index (κ2) is 4.91. The SMILES string of the molecule is C=C(C)C1=NCC(C)O1.C[O]. The highest BCUT2D eigenvalue weighted by atomic mass is 16.5. The van der Waals surface area contributed by atoms with Crippen LogP contribution in [0.15, 0.2) is 17.1 Å². The number of aliphatic imine (C=N–C) groups is 1. The third-order valence-electron chi connectivity index (χ3n) is 1.17. The smallest absolute Gasteiger partial charge is 0.211 e. The fourth-order valence-electron chi connectivity index (χ4n) is 0.712. The fourth-order valence-corrected chi connectivity index (χ4v) is 0.712. The van der Waals surface area contributed by atoms with Gasteiger partial charge in [-0.15, -0.1) is 0 Å². The summed E-state index contributed by atoms with van der Waals surface area (Å²) in [5.74, 6) is 0.725. The Labute approximate surface area is 67.4 Å². The number of nitrogens with zero attached hydrogens (tertiary/aromatic N) is 1. The van der Waals surface area contributed by atoms with E-state index in [1.54, 1.807) is 0 Å². The first-order chi connectivity index (χ1) is 5.20. The van der Waals surface area contributed by atoms with Gasteiger partial charge in [0, 0.05) is 5.57 Å². The highest BCUT2D eigenvalue weighted by Gasteiger charge is 2.14. The van der Waals surface area contributed by atoms with Crippen molar-refractivity contribution in [2.24, 2.45) is 4.99 Å². The third-order valence-corrected chi connectivity index (χ3v) is 1.17. The molecule has 1 aliphatic rings. The van der Waals surface area contributed by atoms with E-state index in [9.17, 15) is 0 Å². The molecule has 0 aromatic carbocycles.